The van der Waals surface area contributed by atoms with Crippen LogP contribution in [0.3, 0.4) is 0 Å². The Morgan fingerprint density at radius 1 is 1.13 bits per heavy atom. The zero-order valence-electron chi connectivity index (χ0n) is 15.7. The van der Waals surface area contributed by atoms with Crippen LogP contribution in [-0.2, 0) is 14.3 Å². The van der Waals surface area contributed by atoms with Crippen molar-refractivity contribution in [3.63, 3.8) is 0 Å². The van der Waals surface area contributed by atoms with Gasteiger partial charge in [-0.05, 0) is 52.5 Å². The molecule has 0 radical (unpaired) electrons. The number of ether oxygens (including phenoxy) is 2. The van der Waals surface area contributed by atoms with Gasteiger partial charge >= 0.3 is 6.16 Å². The minimum atomic E-state index is -0.638. The second kappa shape index (κ2) is 7.06. The van der Waals surface area contributed by atoms with E-state index in [1.54, 1.807) is 0 Å². The highest BCUT2D eigenvalue weighted by Crippen LogP contribution is 2.38. The molecule has 0 spiro atoms. The summed E-state index contributed by atoms with van der Waals surface area (Å²) in [6.07, 6.45) is 5.98. The molecule has 2 atom stereocenters. The van der Waals surface area contributed by atoms with Crippen molar-refractivity contribution in [3.8, 4) is 0 Å². The third-order valence-corrected chi connectivity index (χ3v) is 4.00. The molecule has 0 saturated carbocycles. The molecule has 0 aliphatic heterocycles. The fourth-order valence-corrected chi connectivity index (χ4v) is 2.98. The molecule has 23 heavy (non-hydrogen) atoms. The number of allylic oxidation sites excluding steroid dienone is 1. The van der Waals surface area contributed by atoms with E-state index in [2.05, 4.69) is 0 Å². The highest BCUT2D eigenvalue weighted by atomic mass is 16.7. The smallest absolute Gasteiger partial charge is 0.429 e. The normalized spacial score (nSPS) is 27.5. The summed E-state index contributed by atoms with van der Waals surface area (Å²) in [6.45, 7) is 13.4. The van der Waals surface area contributed by atoms with E-state index in [0.717, 1.165) is 12.8 Å². The van der Waals surface area contributed by atoms with E-state index in [4.69, 9.17) is 9.47 Å². The van der Waals surface area contributed by atoms with Gasteiger partial charge in [0.25, 0.3) is 0 Å². The molecule has 0 saturated heterocycles. The number of carbonyl (C=O) groups is 2. The van der Waals surface area contributed by atoms with Crippen LogP contribution in [0.5, 0.6) is 0 Å². The van der Waals surface area contributed by atoms with E-state index in [1.807, 2.05) is 60.6 Å². The lowest BCUT2D eigenvalue weighted by atomic mass is 9.68. The van der Waals surface area contributed by atoms with Crippen molar-refractivity contribution in [1.29, 1.82) is 0 Å². The predicted octanol–water partition coefficient (Wildman–Crippen LogP) is 5.06. The minimum Gasteiger partial charge on any atom is -0.429 e. The molecular formula is C19H32O4. The van der Waals surface area contributed by atoms with Gasteiger partial charge in [0.05, 0.1) is 0 Å². The Labute approximate surface area is 140 Å². The second-order valence-electron chi connectivity index (χ2n) is 8.79. The van der Waals surface area contributed by atoms with E-state index < -0.39 is 11.8 Å². The van der Waals surface area contributed by atoms with Gasteiger partial charge in [-0.1, -0.05) is 33.8 Å². The van der Waals surface area contributed by atoms with Gasteiger partial charge in [0.2, 0.25) is 0 Å². The molecule has 0 amide bonds. The van der Waals surface area contributed by atoms with Crippen molar-refractivity contribution in [2.24, 2.45) is 10.8 Å². The summed E-state index contributed by atoms with van der Waals surface area (Å²) < 4.78 is 10.6. The van der Waals surface area contributed by atoms with Crippen molar-refractivity contribution in [3.05, 3.63) is 12.2 Å². The topological polar surface area (TPSA) is 52.6 Å². The molecule has 4 heteroatoms. The van der Waals surface area contributed by atoms with Gasteiger partial charge in [0.1, 0.15) is 17.5 Å². The first-order valence-corrected chi connectivity index (χ1v) is 8.45. The summed E-state index contributed by atoms with van der Waals surface area (Å²) in [5, 5.41) is 0. The first-order chi connectivity index (χ1) is 10.3. The monoisotopic (exact) mass is 324 g/mol. The fraction of sp³-hybridized carbons (Fsp3) is 0.789. The molecule has 0 N–H and O–H groups in total. The molecule has 2 unspecified atom stereocenters. The van der Waals surface area contributed by atoms with Crippen molar-refractivity contribution < 1.29 is 19.1 Å². The average molecular weight is 324 g/mol. The summed E-state index contributed by atoms with van der Waals surface area (Å²) in [5.41, 5.74) is -1.24. The lowest BCUT2D eigenvalue weighted by Crippen LogP contribution is -2.37. The van der Waals surface area contributed by atoms with E-state index >= 15 is 0 Å². The maximum absolute atomic E-state index is 12.7. The molecule has 0 aromatic rings. The standard InChI is InChI=1S/C19H32O4/c1-17(2,3)15(20)19(7)12-8-10-14(11-9-13-19)22-16(21)23-18(4,5)6/h8,10,14H,9,11-13H2,1-7H3/b10-8+. The Bertz CT molecular complexity index is 465. The zero-order chi connectivity index (χ0) is 17.9. The van der Waals surface area contributed by atoms with Gasteiger partial charge in [-0.15, -0.1) is 0 Å². The molecule has 1 rings (SSSR count). The van der Waals surface area contributed by atoms with Crippen LogP contribution in [0.2, 0.25) is 0 Å². The van der Waals surface area contributed by atoms with Crippen molar-refractivity contribution >= 4 is 11.9 Å². The fourth-order valence-electron chi connectivity index (χ4n) is 2.98. The molecule has 4 nitrogen and oxygen atoms in total. The predicted molar refractivity (Wildman–Crippen MR) is 91.3 cm³/mol. The molecule has 0 aromatic carbocycles. The molecule has 0 bridgehead atoms. The SMILES string of the molecule is CC(C)(C)OC(=O)OC1/C=C/CC(C)(C(=O)C(C)(C)C)CCC1. The number of carbonyl (C=O) groups excluding carboxylic acids is 2. The maximum atomic E-state index is 12.7. The molecule has 1 aliphatic carbocycles. The highest BCUT2D eigenvalue weighted by Gasteiger charge is 2.39. The summed E-state index contributed by atoms with van der Waals surface area (Å²) in [6, 6.07) is 0. The highest BCUT2D eigenvalue weighted by molar-refractivity contribution is 5.89. The first-order valence-electron chi connectivity index (χ1n) is 8.45. The quantitative estimate of drug-likeness (QED) is 0.526. The van der Waals surface area contributed by atoms with Crippen LogP contribution in [0.15, 0.2) is 12.2 Å². The van der Waals surface area contributed by atoms with Crippen LogP contribution >= 0.6 is 0 Å². The van der Waals surface area contributed by atoms with E-state index in [1.165, 1.54) is 0 Å². The Balaban J connectivity index is 2.69. The summed E-state index contributed by atoms with van der Waals surface area (Å²) >= 11 is 0. The van der Waals surface area contributed by atoms with Gasteiger partial charge in [-0.3, -0.25) is 4.79 Å². The Hall–Kier alpha value is -1.32. The Morgan fingerprint density at radius 3 is 2.26 bits per heavy atom. The first kappa shape index (κ1) is 19.7. The maximum Gasteiger partial charge on any atom is 0.509 e. The molecule has 0 heterocycles. The van der Waals surface area contributed by atoms with Gasteiger partial charge < -0.3 is 9.47 Å². The number of ketones is 1. The molecule has 1 aliphatic rings. The number of Topliss-reactive ketones (excluding diaryl/α,β-unsaturated/α-hetero) is 1. The molecule has 0 fully saturated rings. The van der Waals surface area contributed by atoms with Crippen molar-refractivity contribution in [2.45, 2.75) is 85.9 Å². The van der Waals surface area contributed by atoms with Crippen LogP contribution in [0.1, 0.15) is 74.1 Å². The summed E-state index contributed by atoms with van der Waals surface area (Å²) in [4.78, 5) is 24.4. The largest absolute Gasteiger partial charge is 0.509 e. The van der Waals surface area contributed by atoms with Gasteiger partial charge in [-0.2, -0.15) is 0 Å². The lowest BCUT2D eigenvalue weighted by Gasteiger charge is -2.35. The molecule has 0 aromatic heterocycles. The van der Waals surface area contributed by atoms with Crippen LogP contribution < -0.4 is 0 Å². The molecule has 132 valence electrons. The lowest BCUT2D eigenvalue weighted by molar-refractivity contribution is -0.136. The summed E-state index contributed by atoms with van der Waals surface area (Å²) in [5.74, 6) is 0.293. The third-order valence-electron chi connectivity index (χ3n) is 4.00. The zero-order valence-corrected chi connectivity index (χ0v) is 15.7. The van der Waals surface area contributed by atoms with Crippen LogP contribution in [-0.4, -0.2) is 23.6 Å². The van der Waals surface area contributed by atoms with Crippen molar-refractivity contribution in [1.82, 2.24) is 0 Å². The van der Waals surface area contributed by atoms with Crippen LogP contribution in [0.4, 0.5) is 4.79 Å². The minimum absolute atomic E-state index is 0.279. The third kappa shape index (κ3) is 6.36. The van der Waals surface area contributed by atoms with Gasteiger partial charge in [0, 0.05) is 10.8 Å². The van der Waals surface area contributed by atoms with Crippen LogP contribution in [0.25, 0.3) is 0 Å². The second-order valence-corrected chi connectivity index (χ2v) is 8.79. The Morgan fingerprint density at radius 2 is 1.74 bits per heavy atom. The summed E-state index contributed by atoms with van der Waals surface area (Å²) in [7, 11) is 0. The number of hydrogen-bond acceptors (Lipinski definition) is 4. The van der Waals surface area contributed by atoms with E-state index in [-0.39, 0.29) is 16.9 Å². The average Bonchev–Trinajstić information content (AvgIpc) is 2.31. The van der Waals surface area contributed by atoms with Gasteiger partial charge in [0.15, 0.2) is 0 Å². The van der Waals surface area contributed by atoms with Gasteiger partial charge in [-0.25, -0.2) is 4.79 Å². The van der Waals surface area contributed by atoms with Crippen LogP contribution in [0, 0.1) is 10.8 Å². The van der Waals surface area contributed by atoms with E-state index in [9.17, 15) is 9.59 Å². The molecular weight excluding hydrogens is 292 g/mol. The number of rotatable bonds is 2. The Kier molecular flexibility index (Phi) is 6.06. The van der Waals surface area contributed by atoms with E-state index in [0.29, 0.717) is 18.6 Å². The number of hydrogen-bond donors (Lipinski definition) is 0. The van der Waals surface area contributed by atoms with Crippen molar-refractivity contribution in [2.75, 3.05) is 0 Å².